The molecule has 1 aromatic carbocycles. The zero-order valence-corrected chi connectivity index (χ0v) is 17.6. The van der Waals surface area contributed by atoms with Crippen molar-refractivity contribution in [2.75, 3.05) is 5.32 Å². The number of rotatable bonds is 4. The average molecular weight is 429 g/mol. The minimum absolute atomic E-state index is 0.403. The molecular weight excluding hydrogens is 406 g/mol. The Morgan fingerprint density at radius 3 is 2.75 bits per heavy atom. The largest absolute Gasteiger partial charge is 0.350 e. The molecular formula is C22H23N9O. The lowest BCUT2D eigenvalue weighted by molar-refractivity contribution is 0.214. The molecule has 1 aliphatic carbocycles. The Labute approximate surface area is 184 Å². The number of hydrogen-bond acceptors (Lipinski definition) is 7. The number of amides is 2. The number of hydrogen-bond donors (Lipinski definition) is 5. The quantitative estimate of drug-likeness (QED) is 0.241. The molecule has 0 spiro atoms. The normalized spacial score (nSPS) is 20.2. The second kappa shape index (κ2) is 8.53. The third-order valence-corrected chi connectivity index (χ3v) is 5.83. The number of urea groups is 1. The van der Waals surface area contributed by atoms with Crippen molar-refractivity contribution >= 4 is 22.9 Å². The van der Waals surface area contributed by atoms with Gasteiger partial charge in [-0.25, -0.2) is 20.1 Å². The van der Waals surface area contributed by atoms with Crippen LogP contribution in [0.3, 0.4) is 0 Å². The molecule has 162 valence electrons. The number of nitrogens with one attached hydrogen (secondary N) is 4. The van der Waals surface area contributed by atoms with Crippen molar-refractivity contribution in [1.82, 2.24) is 25.6 Å². The predicted octanol–water partition coefficient (Wildman–Crippen LogP) is 2.59. The van der Waals surface area contributed by atoms with Crippen LogP contribution in [-0.2, 0) is 0 Å². The first-order valence-corrected chi connectivity index (χ1v) is 10.3. The van der Waals surface area contributed by atoms with Gasteiger partial charge in [-0.1, -0.05) is 36.8 Å². The van der Waals surface area contributed by atoms with Crippen molar-refractivity contribution in [2.45, 2.75) is 44.3 Å². The number of aromatic nitrogens is 3. The number of H-pyrrole nitrogens is 1. The van der Waals surface area contributed by atoms with E-state index in [4.69, 9.17) is 16.0 Å². The Morgan fingerprint density at radius 1 is 1.25 bits per heavy atom. The summed E-state index contributed by atoms with van der Waals surface area (Å²) in [6.07, 6.45) is 4.63. The minimum atomic E-state index is -1.00. The molecule has 0 aliphatic heterocycles. The van der Waals surface area contributed by atoms with Crippen LogP contribution < -0.4 is 21.7 Å². The lowest BCUT2D eigenvalue weighted by Gasteiger charge is -2.42. The van der Waals surface area contributed by atoms with Crippen LogP contribution in [0.4, 0.5) is 10.6 Å². The van der Waals surface area contributed by atoms with Crippen molar-refractivity contribution in [3.8, 4) is 23.7 Å². The molecule has 1 unspecified atom stereocenters. The number of aryl methyl sites for hydroxylation is 1. The lowest BCUT2D eigenvalue weighted by atomic mass is 9.84. The third-order valence-electron chi connectivity index (χ3n) is 5.83. The fourth-order valence-corrected chi connectivity index (χ4v) is 4.18. The SMILES string of the molecule is Cc1c(C#N)[nH]c2nc(-c3ccccc3)nc(N[C@@]3(N)CCCCC3NC(=O)NC#N)c12. The molecule has 32 heavy (non-hydrogen) atoms. The summed E-state index contributed by atoms with van der Waals surface area (Å²) < 4.78 is 0. The van der Waals surface area contributed by atoms with Gasteiger partial charge in [0, 0.05) is 5.56 Å². The average Bonchev–Trinajstić information content (AvgIpc) is 3.12. The summed E-state index contributed by atoms with van der Waals surface area (Å²) in [4.78, 5) is 24.5. The molecule has 0 saturated heterocycles. The Bertz CT molecular complexity index is 1240. The Kier molecular flexibility index (Phi) is 5.63. The van der Waals surface area contributed by atoms with Crippen molar-refractivity contribution in [3.63, 3.8) is 0 Å². The lowest BCUT2D eigenvalue weighted by Crippen LogP contribution is -2.65. The standard InChI is InChI=1S/C22H23N9O/c1-13-15(11-23)27-19-17(13)20(30-18(29-19)14-7-3-2-4-8-14)31-22(25)10-6-5-9-16(22)28-21(32)26-12-24/h2-4,7-8,16H,5-6,9-10,25H2,1H3,(H2,26,28,32)(H2,27,29,30,31)/t16?,22-/m0/s1. The van der Waals surface area contributed by atoms with Crippen LogP contribution in [0.2, 0.25) is 0 Å². The number of aromatic amines is 1. The van der Waals surface area contributed by atoms with Crippen LogP contribution in [0.15, 0.2) is 30.3 Å². The first kappa shape index (κ1) is 21.1. The maximum Gasteiger partial charge on any atom is 0.328 e. The number of nitriles is 2. The molecule has 2 heterocycles. The van der Waals surface area contributed by atoms with Gasteiger partial charge in [-0.3, -0.25) is 0 Å². The molecule has 1 fully saturated rings. The smallest absolute Gasteiger partial charge is 0.328 e. The van der Waals surface area contributed by atoms with Crippen molar-refractivity contribution in [1.29, 1.82) is 10.5 Å². The number of anilines is 1. The highest BCUT2D eigenvalue weighted by atomic mass is 16.2. The summed E-state index contributed by atoms with van der Waals surface area (Å²) in [5.74, 6) is 0.971. The van der Waals surface area contributed by atoms with E-state index in [-0.39, 0.29) is 0 Å². The van der Waals surface area contributed by atoms with Crippen LogP contribution in [0, 0.1) is 29.7 Å². The van der Waals surface area contributed by atoms with Crippen LogP contribution in [0.25, 0.3) is 22.4 Å². The molecule has 1 saturated carbocycles. The highest BCUT2D eigenvalue weighted by Gasteiger charge is 2.39. The number of carbonyl (C=O) groups excluding carboxylic acids is 1. The highest BCUT2D eigenvalue weighted by molar-refractivity contribution is 5.93. The fraction of sp³-hybridized carbons (Fsp3) is 0.318. The molecule has 4 rings (SSSR count). The van der Waals surface area contributed by atoms with E-state index in [2.05, 4.69) is 32.0 Å². The summed E-state index contributed by atoms with van der Waals surface area (Å²) in [5, 5.41) is 27.1. The van der Waals surface area contributed by atoms with Gasteiger partial charge >= 0.3 is 6.03 Å². The molecule has 2 aromatic heterocycles. The number of nitrogens with two attached hydrogens (primary N) is 1. The summed E-state index contributed by atoms with van der Waals surface area (Å²) in [6.45, 7) is 1.83. The van der Waals surface area contributed by atoms with E-state index in [0.717, 1.165) is 24.0 Å². The van der Waals surface area contributed by atoms with E-state index >= 15 is 0 Å². The molecule has 0 radical (unpaired) electrons. The monoisotopic (exact) mass is 429 g/mol. The molecule has 6 N–H and O–H groups in total. The van der Waals surface area contributed by atoms with Crippen LogP contribution in [0.5, 0.6) is 0 Å². The zero-order chi connectivity index (χ0) is 22.7. The fourth-order valence-electron chi connectivity index (χ4n) is 4.18. The summed E-state index contributed by atoms with van der Waals surface area (Å²) in [7, 11) is 0. The van der Waals surface area contributed by atoms with Crippen molar-refractivity contribution in [2.24, 2.45) is 5.73 Å². The summed E-state index contributed by atoms with van der Waals surface area (Å²) in [6, 6.07) is 10.6. The number of benzene rings is 1. The maximum absolute atomic E-state index is 12.0. The molecule has 2 atom stereocenters. The van der Waals surface area contributed by atoms with E-state index in [1.165, 1.54) is 0 Å². The molecule has 2 amide bonds. The van der Waals surface area contributed by atoms with Crippen molar-refractivity contribution in [3.05, 3.63) is 41.6 Å². The molecule has 0 bridgehead atoms. The topological polar surface area (TPSA) is 168 Å². The van der Waals surface area contributed by atoms with Gasteiger partial charge in [-0.15, -0.1) is 0 Å². The van der Waals surface area contributed by atoms with Gasteiger partial charge in [-0.2, -0.15) is 10.5 Å². The van der Waals surface area contributed by atoms with E-state index in [9.17, 15) is 10.1 Å². The molecule has 3 aromatic rings. The maximum atomic E-state index is 12.0. The Hall–Kier alpha value is -4.15. The molecule has 10 nitrogen and oxygen atoms in total. The number of nitrogens with zero attached hydrogens (tertiary/aromatic N) is 4. The molecule has 1 aliphatic rings. The number of fused-ring (bicyclic) bond motifs is 1. The first-order valence-electron chi connectivity index (χ1n) is 10.3. The summed E-state index contributed by atoms with van der Waals surface area (Å²) in [5.41, 5.74) is 8.24. The van der Waals surface area contributed by atoms with Gasteiger partial charge in [0.25, 0.3) is 0 Å². The van der Waals surface area contributed by atoms with E-state index < -0.39 is 17.7 Å². The van der Waals surface area contributed by atoms with E-state index in [1.807, 2.05) is 37.3 Å². The number of carbonyl (C=O) groups is 1. The van der Waals surface area contributed by atoms with E-state index in [0.29, 0.717) is 41.2 Å². The molecule has 10 heteroatoms. The van der Waals surface area contributed by atoms with Gasteiger partial charge in [0.05, 0.1) is 11.4 Å². The van der Waals surface area contributed by atoms with Gasteiger partial charge in [0.2, 0.25) is 0 Å². The van der Waals surface area contributed by atoms with E-state index in [1.54, 1.807) is 6.19 Å². The predicted molar refractivity (Wildman–Crippen MR) is 119 cm³/mol. The second-order valence-electron chi connectivity index (χ2n) is 7.90. The van der Waals surface area contributed by atoms with Gasteiger partial charge < -0.3 is 21.4 Å². The third kappa shape index (κ3) is 3.92. The first-order chi connectivity index (χ1) is 15.4. The highest BCUT2D eigenvalue weighted by Crippen LogP contribution is 2.34. The minimum Gasteiger partial charge on any atom is -0.350 e. The van der Waals surface area contributed by atoms with Gasteiger partial charge in [-0.05, 0) is 31.7 Å². The zero-order valence-electron chi connectivity index (χ0n) is 17.6. The Morgan fingerprint density at radius 2 is 2.03 bits per heavy atom. The van der Waals surface area contributed by atoms with Gasteiger partial charge in [0.1, 0.15) is 28.9 Å². The van der Waals surface area contributed by atoms with Gasteiger partial charge in [0.15, 0.2) is 12.0 Å². The van der Waals surface area contributed by atoms with Crippen LogP contribution in [-0.4, -0.2) is 32.7 Å². The van der Waals surface area contributed by atoms with Crippen LogP contribution in [0.1, 0.15) is 36.9 Å². The second-order valence-corrected chi connectivity index (χ2v) is 7.90. The van der Waals surface area contributed by atoms with Crippen molar-refractivity contribution < 1.29 is 4.79 Å². The van der Waals surface area contributed by atoms with Crippen LogP contribution >= 0.6 is 0 Å². The summed E-state index contributed by atoms with van der Waals surface area (Å²) >= 11 is 0. The Balaban J connectivity index is 1.80.